The van der Waals surface area contributed by atoms with Crippen LogP contribution in [-0.2, 0) is 9.59 Å². The third-order valence-electron chi connectivity index (χ3n) is 5.88. The summed E-state index contributed by atoms with van der Waals surface area (Å²) < 4.78 is 0. The van der Waals surface area contributed by atoms with Gasteiger partial charge in [-0.2, -0.15) is 0 Å². The molecule has 0 unspecified atom stereocenters. The Hall–Kier alpha value is -1.55. The zero-order valence-corrected chi connectivity index (χ0v) is 15.3. The number of amides is 2. The Bertz CT molecular complexity index is 665. The second-order valence-electron chi connectivity index (χ2n) is 7.59. The Kier molecular flexibility index (Phi) is 4.72. The number of rotatable bonds is 3. The van der Waals surface area contributed by atoms with Gasteiger partial charge in [0.15, 0.2) is 0 Å². The molecule has 0 spiro atoms. The van der Waals surface area contributed by atoms with Crippen LogP contribution >= 0.6 is 11.6 Å². The van der Waals surface area contributed by atoms with Crippen LogP contribution in [0.15, 0.2) is 24.3 Å². The molecule has 2 saturated heterocycles. The van der Waals surface area contributed by atoms with Gasteiger partial charge in [-0.25, -0.2) is 0 Å². The van der Waals surface area contributed by atoms with E-state index < -0.39 is 0 Å². The van der Waals surface area contributed by atoms with Crippen LogP contribution in [0.4, 0.5) is 0 Å². The molecule has 0 N–H and O–H groups in total. The smallest absolute Gasteiger partial charge is 0.226 e. The van der Waals surface area contributed by atoms with Gasteiger partial charge in [0.05, 0.1) is 6.04 Å². The van der Waals surface area contributed by atoms with Crippen LogP contribution in [0, 0.1) is 11.8 Å². The zero-order chi connectivity index (χ0) is 17.4. The van der Waals surface area contributed by atoms with Crippen LogP contribution in [0.25, 0.3) is 0 Å². The van der Waals surface area contributed by atoms with Crippen molar-refractivity contribution in [3.63, 3.8) is 0 Å². The van der Waals surface area contributed by atoms with Gasteiger partial charge in [0.2, 0.25) is 11.8 Å². The van der Waals surface area contributed by atoms with Crippen LogP contribution in [0.1, 0.15) is 50.1 Å². The first-order chi connectivity index (χ1) is 12.1. The highest BCUT2D eigenvalue weighted by Crippen LogP contribution is 2.38. The Labute approximate surface area is 154 Å². The molecule has 0 aromatic heterocycles. The normalized spacial score (nSPS) is 24.6. The molecule has 0 radical (unpaired) electrons. The van der Waals surface area contributed by atoms with Crippen LogP contribution in [0.3, 0.4) is 0 Å². The molecule has 4 nitrogen and oxygen atoms in total. The number of likely N-dealkylation sites (tertiary alicyclic amines) is 2. The van der Waals surface area contributed by atoms with Gasteiger partial charge < -0.3 is 9.80 Å². The van der Waals surface area contributed by atoms with Crippen molar-refractivity contribution in [2.75, 3.05) is 19.6 Å². The highest BCUT2D eigenvalue weighted by atomic mass is 35.5. The number of carbonyl (C=O) groups is 2. The summed E-state index contributed by atoms with van der Waals surface area (Å²) in [5.74, 6) is 0.878. The SMILES string of the molecule is O=C(C1CC1)N1CCC(C(=O)N2CCC[C@@H]2c2ccccc2Cl)CC1. The molecule has 3 aliphatic rings. The Balaban J connectivity index is 1.40. The average Bonchev–Trinajstić information content (AvgIpc) is 3.38. The lowest BCUT2D eigenvalue weighted by Crippen LogP contribution is -2.44. The maximum Gasteiger partial charge on any atom is 0.226 e. The van der Waals surface area contributed by atoms with E-state index in [1.54, 1.807) is 0 Å². The molecule has 3 fully saturated rings. The number of benzene rings is 1. The van der Waals surface area contributed by atoms with Crippen molar-refractivity contribution in [2.24, 2.45) is 11.8 Å². The number of nitrogens with zero attached hydrogens (tertiary/aromatic N) is 2. The molecule has 1 saturated carbocycles. The molecule has 1 aliphatic carbocycles. The molecule has 1 atom stereocenters. The van der Waals surface area contributed by atoms with E-state index in [2.05, 4.69) is 0 Å². The van der Waals surface area contributed by atoms with Crippen molar-refractivity contribution in [3.05, 3.63) is 34.9 Å². The van der Waals surface area contributed by atoms with Crippen molar-refractivity contribution in [3.8, 4) is 0 Å². The van der Waals surface area contributed by atoms with Crippen molar-refractivity contribution < 1.29 is 9.59 Å². The van der Waals surface area contributed by atoms with Gasteiger partial charge in [0.25, 0.3) is 0 Å². The summed E-state index contributed by atoms with van der Waals surface area (Å²) in [6.07, 6.45) is 5.69. The van der Waals surface area contributed by atoms with Crippen LogP contribution in [-0.4, -0.2) is 41.2 Å². The molecular formula is C20H25ClN2O2. The largest absolute Gasteiger partial charge is 0.342 e. The van der Waals surface area contributed by atoms with E-state index in [1.807, 2.05) is 34.1 Å². The van der Waals surface area contributed by atoms with Crippen molar-refractivity contribution in [1.29, 1.82) is 0 Å². The van der Waals surface area contributed by atoms with Crippen LogP contribution < -0.4 is 0 Å². The summed E-state index contributed by atoms with van der Waals surface area (Å²) in [7, 11) is 0. The average molecular weight is 361 g/mol. The van der Waals surface area contributed by atoms with Crippen molar-refractivity contribution in [2.45, 2.75) is 44.6 Å². The second-order valence-corrected chi connectivity index (χ2v) is 7.99. The first-order valence-corrected chi connectivity index (χ1v) is 9.86. The summed E-state index contributed by atoms with van der Waals surface area (Å²) in [5.41, 5.74) is 1.07. The molecule has 0 bridgehead atoms. The number of piperidine rings is 1. The molecule has 5 heteroatoms. The lowest BCUT2D eigenvalue weighted by Gasteiger charge is -2.35. The standard InChI is InChI=1S/C20H25ClN2O2/c21-17-5-2-1-4-16(17)18-6-3-11-23(18)20(25)15-9-12-22(13-10-15)19(24)14-7-8-14/h1-2,4-5,14-15,18H,3,6-13H2/t18-/m1/s1. The number of hydrogen-bond donors (Lipinski definition) is 0. The van der Waals surface area contributed by atoms with Crippen LogP contribution in [0.2, 0.25) is 5.02 Å². The second kappa shape index (κ2) is 6.99. The third-order valence-corrected chi connectivity index (χ3v) is 6.23. The maximum atomic E-state index is 13.1. The minimum absolute atomic E-state index is 0.0475. The van der Waals surface area contributed by atoms with Gasteiger partial charge >= 0.3 is 0 Å². The quantitative estimate of drug-likeness (QED) is 0.825. The highest BCUT2D eigenvalue weighted by Gasteiger charge is 2.39. The summed E-state index contributed by atoms with van der Waals surface area (Å²) in [6.45, 7) is 2.28. The Morgan fingerprint density at radius 3 is 2.24 bits per heavy atom. The molecule has 134 valence electrons. The summed E-state index contributed by atoms with van der Waals surface area (Å²) >= 11 is 6.37. The number of hydrogen-bond acceptors (Lipinski definition) is 2. The lowest BCUT2D eigenvalue weighted by atomic mass is 9.94. The van der Waals surface area contributed by atoms with Gasteiger partial charge in [0, 0.05) is 36.5 Å². The number of halogens is 1. The highest BCUT2D eigenvalue weighted by molar-refractivity contribution is 6.31. The first-order valence-electron chi connectivity index (χ1n) is 9.49. The molecule has 1 aromatic carbocycles. The van der Waals surface area contributed by atoms with Crippen molar-refractivity contribution in [1.82, 2.24) is 9.80 Å². The fourth-order valence-corrected chi connectivity index (χ4v) is 4.53. The van der Waals surface area contributed by atoms with Crippen LogP contribution in [0.5, 0.6) is 0 Å². The van der Waals surface area contributed by atoms with E-state index in [4.69, 9.17) is 11.6 Å². The Morgan fingerprint density at radius 2 is 1.56 bits per heavy atom. The van der Waals surface area contributed by atoms with E-state index in [0.717, 1.165) is 68.7 Å². The van der Waals surface area contributed by atoms with Crippen molar-refractivity contribution >= 4 is 23.4 Å². The van der Waals surface area contributed by atoms with Gasteiger partial charge in [-0.15, -0.1) is 0 Å². The summed E-state index contributed by atoms with van der Waals surface area (Å²) in [5, 5.41) is 0.747. The lowest BCUT2D eigenvalue weighted by molar-refractivity contribution is -0.142. The fourth-order valence-electron chi connectivity index (χ4n) is 4.27. The summed E-state index contributed by atoms with van der Waals surface area (Å²) in [4.78, 5) is 29.3. The fraction of sp³-hybridized carbons (Fsp3) is 0.600. The van der Waals surface area contributed by atoms with E-state index in [1.165, 1.54) is 0 Å². The predicted octanol–water partition coefficient (Wildman–Crippen LogP) is 3.65. The van der Waals surface area contributed by atoms with Gasteiger partial charge in [-0.3, -0.25) is 9.59 Å². The third kappa shape index (κ3) is 3.41. The molecule has 25 heavy (non-hydrogen) atoms. The Morgan fingerprint density at radius 1 is 0.880 bits per heavy atom. The molecule has 2 aliphatic heterocycles. The van der Waals surface area contributed by atoms with E-state index in [-0.39, 0.29) is 23.8 Å². The first kappa shape index (κ1) is 16.9. The molecular weight excluding hydrogens is 336 g/mol. The molecule has 2 heterocycles. The topological polar surface area (TPSA) is 40.6 Å². The number of carbonyl (C=O) groups excluding carboxylic acids is 2. The van der Waals surface area contributed by atoms with Gasteiger partial charge in [-0.1, -0.05) is 29.8 Å². The molecule has 4 rings (SSSR count). The van der Waals surface area contributed by atoms with E-state index in [9.17, 15) is 9.59 Å². The minimum atomic E-state index is 0.0475. The monoisotopic (exact) mass is 360 g/mol. The molecule has 2 amide bonds. The van der Waals surface area contributed by atoms with Gasteiger partial charge in [-0.05, 0) is 50.2 Å². The van der Waals surface area contributed by atoms with E-state index >= 15 is 0 Å². The summed E-state index contributed by atoms with van der Waals surface area (Å²) in [6, 6.07) is 7.96. The van der Waals surface area contributed by atoms with Gasteiger partial charge in [0.1, 0.15) is 0 Å². The zero-order valence-electron chi connectivity index (χ0n) is 14.5. The maximum absolute atomic E-state index is 13.1. The molecule has 1 aromatic rings. The van der Waals surface area contributed by atoms with E-state index in [0.29, 0.717) is 5.91 Å². The minimum Gasteiger partial charge on any atom is -0.342 e. The predicted molar refractivity (Wildman–Crippen MR) is 97.2 cm³/mol.